The fraction of sp³-hybridized carbons (Fsp3) is 0.462. The number of sulfonamides is 1. The Kier molecular flexibility index (Phi) is 6.13. The number of carboxylic acid groups (broad SMARTS) is 1. The Labute approximate surface area is 123 Å². The van der Waals surface area contributed by atoms with E-state index in [1.165, 1.54) is 25.3 Å². The molecule has 0 amide bonds. The molecule has 1 rings (SSSR count). The van der Waals surface area contributed by atoms with E-state index in [4.69, 9.17) is 9.84 Å². The third kappa shape index (κ3) is 5.00. The first-order chi connectivity index (χ1) is 9.80. The van der Waals surface area contributed by atoms with Gasteiger partial charge in [0.1, 0.15) is 5.75 Å². The van der Waals surface area contributed by atoms with Crippen molar-refractivity contribution >= 4 is 16.0 Å². The fourth-order valence-corrected chi connectivity index (χ4v) is 2.96. The Morgan fingerprint density at radius 1 is 1.43 bits per heavy atom. The van der Waals surface area contributed by atoms with Crippen LogP contribution in [0.25, 0.3) is 0 Å². The number of benzene rings is 1. The third-order valence-corrected chi connectivity index (χ3v) is 4.40. The number of methoxy groups -OCH3 is 1. The van der Waals surface area contributed by atoms with Crippen molar-refractivity contribution in [2.24, 2.45) is 0 Å². The normalized spacial score (nSPS) is 12.9. The second-order valence-electron chi connectivity index (χ2n) is 4.46. The molecule has 1 atom stereocenters. The fourth-order valence-electron chi connectivity index (χ4n) is 1.67. The molecule has 7 nitrogen and oxygen atoms in total. The van der Waals surface area contributed by atoms with E-state index in [0.29, 0.717) is 12.2 Å². The van der Waals surface area contributed by atoms with Crippen LogP contribution in [0.1, 0.15) is 18.9 Å². The van der Waals surface area contributed by atoms with Crippen LogP contribution in [0.2, 0.25) is 0 Å². The molecular weight excluding hydrogens is 298 g/mol. The van der Waals surface area contributed by atoms with Crippen molar-refractivity contribution in [1.29, 1.82) is 0 Å². The molecule has 0 radical (unpaired) electrons. The number of carbonyl (C=O) groups is 1. The number of hydrogen-bond donors (Lipinski definition) is 3. The molecule has 0 fully saturated rings. The highest BCUT2D eigenvalue weighted by Crippen LogP contribution is 2.22. The van der Waals surface area contributed by atoms with Crippen LogP contribution in [0.15, 0.2) is 23.1 Å². The number of ether oxygens (including phenoxy) is 1. The molecule has 0 saturated heterocycles. The van der Waals surface area contributed by atoms with Crippen LogP contribution in [0.4, 0.5) is 0 Å². The molecular formula is C13H19NO6S. The Balaban J connectivity index is 3.12. The number of rotatable bonds is 8. The van der Waals surface area contributed by atoms with Crippen molar-refractivity contribution in [2.75, 3.05) is 13.7 Å². The third-order valence-electron chi connectivity index (χ3n) is 2.88. The zero-order valence-electron chi connectivity index (χ0n) is 11.9. The van der Waals surface area contributed by atoms with Crippen molar-refractivity contribution < 1.29 is 28.2 Å². The minimum atomic E-state index is -3.90. The van der Waals surface area contributed by atoms with Gasteiger partial charge < -0.3 is 14.9 Å². The smallest absolute Gasteiger partial charge is 0.307 e. The molecule has 0 saturated carbocycles. The number of aliphatic hydroxyl groups is 1. The molecule has 21 heavy (non-hydrogen) atoms. The van der Waals surface area contributed by atoms with Crippen molar-refractivity contribution in [3.05, 3.63) is 23.8 Å². The minimum Gasteiger partial charge on any atom is -0.497 e. The lowest BCUT2D eigenvalue weighted by molar-refractivity contribution is -0.136. The Bertz CT molecular complexity index is 599. The van der Waals surface area contributed by atoms with Crippen molar-refractivity contribution in [3.8, 4) is 5.75 Å². The maximum Gasteiger partial charge on any atom is 0.307 e. The van der Waals surface area contributed by atoms with Gasteiger partial charge in [0.15, 0.2) is 0 Å². The van der Waals surface area contributed by atoms with Crippen molar-refractivity contribution in [1.82, 2.24) is 4.72 Å². The van der Waals surface area contributed by atoms with Crippen LogP contribution in [0.3, 0.4) is 0 Å². The van der Waals surface area contributed by atoms with E-state index < -0.39 is 28.5 Å². The molecule has 3 N–H and O–H groups in total. The summed E-state index contributed by atoms with van der Waals surface area (Å²) in [7, 11) is -2.49. The lowest BCUT2D eigenvalue weighted by Crippen LogP contribution is -2.32. The van der Waals surface area contributed by atoms with Gasteiger partial charge >= 0.3 is 5.97 Å². The number of hydrogen-bond acceptors (Lipinski definition) is 5. The van der Waals surface area contributed by atoms with E-state index in [1.807, 2.05) is 0 Å². The topological polar surface area (TPSA) is 113 Å². The Morgan fingerprint density at radius 2 is 2.10 bits per heavy atom. The van der Waals surface area contributed by atoms with Gasteiger partial charge in [-0.25, -0.2) is 13.1 Å². The average Bonchev–Trinajstić information content (AvgIpc) is 2.43. The number of aliphatic hydroxyl groups excluding tert-OH is 1. The van der Waals surface area contributed by atoms with Crippen LogP contribution in [0.5, 0.6) is 5.75 Å². The van der Waals surface area contributed by atoms with Crippen LogP contribution in [-0.2, 0) is 21.2 Å². The largest absolute Gasteiger partial charge is 0.497 e. The van der Waals surface area contributed by atoms with Crippen LogP contribution in [-0.4, -0.2) is 44.4 Å². The second-order valence-corrected chi connectivity index (χ2v) is 6.19. The predicted octanol–water partition coefficient (Wildman–Crippen LogP) is 0.371. The summed E-state index contributed by atoms with van der Waals surface area (Å²) in [6, 6.07) is 4.10. The molecule has 0 aromatic heterocycles. The van der Waals surface area contributed by atoms with E-state index in [-0.39, 0.29) is 17.0 Å². The summed E-state index contributed by atoms with van der Waals surface area (Å²) in [6.45, 7) is 1.60. The van der Waals surface area contributed by atoms with Crippen LogP contribution >= 0.6 is 0 Å². The van der Waals surface area contributed by atoms with Gasteiger partial charge in [-0.2, -0.15) is 0 Å². The molecule has 0 bridgehead atoms. The van der Waals surface area contributed by atoms with E-state index >= 15 is 0 Å². The molecule has 118 valence electrons. The van der Waals surface area contributed by atoms with E-state index in [0.717, 1.165) is 0 Å². The minimum absolute atomic E-state index is 0.125. The molecule has 0 aliphatic heterocycles. The maximum absolute atomic E-state index is 12.2. The van der Waals surface area contributed by atoms with Gasteiger partial charge in [0.05, 0.1) is 24.5 Å². The van der Waals surface area contributed by atoms with E-state index in [9.17, 15) is 18.3 Å². The summed E-state index contributed by atoms with van der Waals surface area (Å²) < 4.78 is 31.6. The van der Waals surface area contributed by atoms with Crippen molar-refractivity contribution in [3.63, 3.8) is 0 Å². The highest BCUT2D eigenvalue weighted by Gasteiger charge is 2.21. The van der Waals surface area contributed by atoms with Gasteiger partial charge in [0.25, 0.3) is 0 Å². The molecule has 1 aromatic carbocycles. The number of carboxylic acids is 1. The summed E-state index contributed by atoms with van der Waals surface area (Å²) in [5.41, 5.74) is 0.125. The lowest BCUT2D eigenvalue weighted by Gasteiger charge is -2.13. The quantitative estimate of drug-likeness (QED) is 0.638. The lowest BCUT2D eigenvalue weighted by atomic mass is 10.1. The SMILES string of the molecule is CCC(O)CNS(=O)(=O)c1ccc(OC)cc1CC(=O)O. The average molecular weight is 317 g/mol. The molecule has 8 heteroatoms. The van der Waals surface area contributed by atoms with Crippen LogP contribution in [0, 0.1) is 0 Å². The maximum atomic E-state index is 12.2. The monoisotopic (exact) mass is 317 g/mol. The Hall–Kier alpha value is -1.64. The first kappa shape index (κ1) is 17.4. The highest BCUT2D eigenvalue weighted by atomic mass is 32.2. The zero-order valence-corrected chi connectivity index (χ0v) is 12.7. The number of aliphatic carboxylic acids is 1. The van der Waals surface area contributed by atoms with Gasteiger partial charge in [-0.1, -0.05) is 6.92 Å². The number of nitrogens with one attached hydrogen (secondary N) is 1. The molecule has 0 spiro atoms. The summed E-state index contributed by atoms with van der Waals surface area (Å²) in [5, 5.41) is 18.3. The van der Waals surface area contributed by atoms with Gasteiger partial charge in [0.2, 0.25) is 10.0 Å². The van der Waals surface area contributed by atoms with E-state index in [1.54, 1.807) is 6.92 Å². The summed E-state index contributed by atoms with van der Waals surface area (Å²) in [5.74, 6) is -0.771. The first-order valence-electron chi connectivity index (χ1n) is 6.36. The van der Waals surface area contributed by atoms with Gasteiger partial charge in [-0.05, 0) is 30.2 Å². The molecule has 0 aliphatic rings. The van der Waals surface area contributed by atoms with E-state index in [2.05, 4.69) is 4.72 Å². The zero-order chi connectivity index (χ0) is 16.0. The second kappa shape index (κ2) is 7.39. The first-order valence-corrected chi connectivity index (χ1v) is 7.85. The van der Waals surface area contributed by atoms with Crippen LogP contribution < -0.4 is 9.46 Å². The summed E-state index contributed by atoms with van der Waals surface area (Å²) >= 11 is 0. The van der Waals surface area contributed by atoms with Gasteiger partial charge in [0, 0.05) is 6.54 Å². The highest BCUT2D eigenvalue weighted by molar-refractivity contribution is 7.89. The molecule has 1 aromatic rings. The Morgan fingerprint density at radius 3 is 2.62 bits per heavy atom. The molecule has 0 aliphatic carbocycles. The molecule has 1 unspecified atom stereocenters. The predicted molar refractivity (Wildman–Crippen MR) is 75.8 cm³/mol. The van der Waals surface area contributed by atoms with Gasteiger partial charge in [-0.3, -0.25) is 4.79 Å². The summed E-state index contributed by atoms with van der Waals surface area (Å²) in [6.07, 6.45) is -0.822. The standard InChI is InChI=1S/C13H19NO6S/c1-3-10(15)8-14-21(18,19)12-5-4-11(20-2)6-9(12)7-13(16)17/h4-6,10,14-15H,3,7-8H2,1-2H3,(H,16,17). The summed E-state index contributed by atoms with van der Waals surface area (Å²) in [4.78, 5) is 10.7. The van der Waals surface area contributed by atoms with Gasteiger partial charge in [-0.15, -0.1) is 0 Å². The molecule has 0 heterocycles. The van der Waals surface area contributed by atoms with Crippen molar-refractivity contribution in [2.45, 2.75) is 30.8 Å².